The molecule has 1 aromatic heterocycles. The number of carbonyl (C=O) groups is 1. The van der Waals surface area contributed by atoms with Crippen LogP contribution >= 0.6 is 0 Å². The predicted octanol–water partition coefficient (Wildman–Crippen LogP) is 2.57. The lowest BCUT2D eigenvalue weighted by Crippen LogP contribution is -2.36. The van der Waals surface area contributed by atoms with Crippen molar-refractivity contribution < 1.29 is 9.18 Å². The van der Waals surface area contributed by atoms with Crippen LogP contribution in [0.3, 0.4) is 0 Å². The summed E-state index contributed by atoms with van der Waals surface area (Å²) in [5.74, 6) is 0.317. The van der Waals surface area contributed by atoms with Gasteiger partial charge in [-0.3, -0.25) is 4.79 Å². The summed E-state index contributed by atoms with van der Waals surface area (Å²) in [7, 11) is 4.11. The molecule has 1 aromatic carbocycles. The van der Waals surface area contributed by atoms with Crippen molar-refractivity contribution in [2.45, 2.75) is 26.3 Å². The van der Waals surface area contributed by atoms with E-state index in [1.54, 1.807) is 6.07 Å². The van der Waals surface area contributed by atoms with E-state index in [2.05, 4.69) is 30.9 Å². The van der Waals surface area contributed by atoms with Crippen molar-refractivity contribution in [1.29, 1.82) is 0 Å². The number of likely N-dealkylation sites (tertiary alicyclic amines) is 1. The van der Waals surface area contributed by atoms with Crippen molar-refractivity contribution in [3.63, 3.8) is 0 Å². The lowest BCUT2D eigenvalue weighted by molar-refractivity contribution is -0.129. The van der Waals surface area contributed by atoms with Gasteiger partial charge in [-0.1, -0.05) is 6.92 Å². The zero-order valence-corrected chi connectivity index (χ0v) is 14.2. The van der Waals surface area contributed by atoms with E-state index in [1.807, 2.05) is 11.8 Å². The van der Waals surface area contributed by atoms with Crippen molar-refractivity contribution in [2.75, 3.05) is 27.2 Å². The second-order valence-corrected chi connectivity index (χ2v) is 6.90. The summed E-state index contributed by atoms with van der Waals surface area (Å²) in [6.07, 6.45) is 0.322. The molecule has 1 amide bonds. The summed E-state index contributed by atoms with van der Waals surface area (Å²) in [5, 5.41) is 0.812. The molecule has 4 nitrogen and oxygen atoms in total. The zero-order chi connectivity index (χ0) is 16.7. The molecule has 3 rings (SSSR count). The van der Waals surface area contributed by atoms with Crippen LogP contribution in [-0.2, 0) is 11.2 Å². The number of aromatic nitrogens is 1. The first kappa shape index (κ1) is 16.0. The number of fused-ring (bicyclic) bond motifs is 1. The quantitative estimate of drug-likeness (QED) is 0.945. The van der Waals surface area contributed by atoms with Crippen LogP contribution < -0.4 is 0 Å². The Morgan fingerprint density at radius 1 is 1.39 bits per heavy atom. The van der Waals surface area contributed by atoms with Gasteiger partial charge in [0.25, 0.3) is 0 Å². The van der Waals surface area contributed by atoms with Crippen molar-refractivity contribution in [3.8, 4) is 0 Å². The number of halogens is 1. The molecule has 1 fully saturated rings. The molecule has 0 spiro atoms. The molecule has 0 unspecified atom stereocenters. The number of amides is 1. The molecule has 0 radical (unpaired) electrons. The van der Waals surface area contributed by atoms with Crippen LogP contribution in [0.4, 0.5) is 4.39 Å². The largest absolute Gasteiger partial charge is 0.358 e. The molecule has 0 saturated carbocycles. The van der Waals surface area contributed by atoms with Crippen molar-refractivity contribution >= 4 is 16.8 Å². The highest BCUT2D eigenvalue weighted by atomic mass is 19.1. The van der Waals surface area contributed by atoms with Gasteiger partial charge in [0.2, 0.25) is 5.91 Å². The fourth-order valence-electron chi connectivity index (χ4n) is 3.67. The molecule has 124 valence electrons. The summed E-state index contributed by atoms with van der Waals surface area (Å²) in [4.78, 5) is 20.1. The molecule has 0 aliphatic carbocycles. The van der Waals surface area contributed by atoms with Crippen LogP contribution in [0.15, 0.2) is 18.2 Å². The van der Waals surface area contributed by atoms with Crippen LogP contribution in [0, 0.1) is 18.7 Å². The summed E-state index contributed by atoms with van der Waals surface area (Å²) in [5.41, 5.74) is 2.73. The molecule has 5 heteroatoms. The first-order valence-corrected chi connectivity index (χ1v) is 8.07. The van der Waals surface area contributed by atoms with E-state index in [-0.39, 0.29) is 11.7 Å². The van der Waals surface area contributed by atoms with Crippen molar-refractivity contribution in [1.82, 2.24) is 14.8 Å². The molecule has 1 aliphatic rings. The number of benzene rings is 1. The number of likely N-dealkylation sites (N-methyl/N-ethyl adjacent to an activating group) is 1. The van der Waals surface area contributed by atoms with Gasteiger partial charge >= 0.3 is 0 Å². The summed E-state index contributed by atoms with van der Waals surface area (Å²) in [6, 6.07) is 5.08. The van der Waals surface area contributed by atoms with Crippen molar-refractivity contribution in [3.05, 3.63) is 35.3 Å². The molecule has 2 aromatic rings. The molecule has 2 atom stereocenters. The average Bonchev–Trinajstić information content (AvgIpc) is 3.01. The lowest BCUT2D eigenvalue weighted by atomic mass is 10.1. The highest BCUT2D eigenvalue weighted by molar-refractivity contribution is 5.90. The van der Waals surface area contributed by atoms with E-state index in [9.17, 15) is 9.18 Å². The topological polar surface area (TPSA) is 39.3 Å². The number of nitrogens with zero attached hydrogens (tertiary/aromatic N) is 2. The standard InChI is InChI=1S/C18H24FN3O/c1-11-9-22(10-17(11)21(3)4)18(23)8-14-12(2)20-16-6-5-13(19)7-15(14)16/h5-7,11,17,20H,8-10H2,1-4H3/t11-,17+/m0/s1. The Bertz CT molecular complexity index is 737. The Morgan fingerprint density at radius 2 is 2.13 bits per heavy atom. The van der Waals surface area contributed by atoms with Gasteiger partial charge in [0.05, 0.1) is 6.42 Å². The predicted molar refractivity (Wildman–Crippen MR) is 89.9 cm³/mol. The second kappa shape index (κ2) is 5.96. The number of H-pyrrole nitrogens is 1. The molecule has 1 aliphatic heterocycles. The molecule has 0 bridgehead atoms. The third-order valence-electron chi connectivity index (χ3n) is 5.00. The lowest BCUT2D eigenvalue weighted by Gasteiger charge is -2.22. The van der Waals surface area contributed by atoms with Crippen LogP contribution in [-0.4, -0.2) is 53.9 Å². The van der Waals surface area contributed by atoms with Gasteiger partial charge in [-0.15, -0.1) is 0 Å². The molecular formula is C18H24FN3O. The van der Waals surface area contributed by atoms with Gasteiger partial charge in [-0.2, -0.15) is 0 Å². The fraction of sp³-hybridized carbons (Fsp3) is 0.500. The van der Waals surface area contributed by atoms with E-state index in [0.717, 1.165) is 35.2 Å². The fourth-order valence-corrected chi connectivity index (χ4v) is 3.67. The van der Waals surface area contributed by atoms with Gasteiger partial charge in [-0.25, -0.2) is 4.39 Å². The number of hydrogen-bond donors (Lipinski definition) is 1. The van der Waals surface area contributed by atoms with Gasteiger partial charge in [0.1, 0.15) is 5.82 Å². The minimum Gasteiger partial charge on any atom is -0.358 e. The monoisotopic (exact) mass is 317 g/mol. The van der Waals surface area contributed by atoms with E-state index >= 15 is 0 Å². The highest BCUT2D eigenvalue weighted by Crippen LogP contribution is 2.26. The maximum absolute atomic E-state index is 13.5. The summed E-state index contributed by atoms with van der Waals surface area (Å²) >= 11 is 0. The number of carbonyl (C=O) groups excluding carboxylic acids is 1. The maximum atomic E-state index is 13.5. The van der Waals surface area contributed by atoms with Gasteiger partial charge in [0, 0.05) is 35.7 Å². The molecular weight excluding hydrogens is 293 g/mol. The first-order valence-electron chi connectivity index (χ1n) is 8.07. The van der Waals surface area contributed by atoms with Gasteiger partial charge in [0.15, 0.2) is 0 Å². The first-order chi connectivity index (χ1) is 10.9. The summed E-state index contributed by atoms with van der Waals surface area (Å²) < 4.78 is 13.5. The Morgan fingerprint density at radius 3 is 2.78 bits per heavy atom. The van der Waals surface area contributed by atoms with E-state index in [4.69, 9.17) is 0 Å². The van der Waals surface area contributed by atoms with Gasteiger partial charge < -0.3 is 14.8 Å². The summed E-state index contributed by atoms with van der Waals surface area (Å²) in [6.45, 7) is 5.68. The maximum Gasteiger partial charge on any atom is 0.227 e. The normalized spacial score (nSPS) is 21.6. The Balaban J connectivity index is 1.81. The van der Waals surface area contributed by atoms with Crippen LogP contribution in [0.1, 0.15) is 18.2 Å². The third-order valence-corrected chi connectivity index (χ3v) is 5.00. The molecule has 1 saturated heterocycles. The van der Waals surface area contributed by atoms with Crippen molar-refractivity contribution in [2.24, 2.45) is 5.92 Å². The Kier molecular flexibility index (Phi) is 4.15. The number of aromatic amines is 1. The second-order valence-electron chi connectivity index (χ2n) is 6.90. The molecule has 1 N–H and O–H groups in total. The minimum atomic E-state index is -0.271. The number of nitrogens with one attached hydrogen (secondary N) is 1. The average molecular weight is 317 g/mol. The minimum absolute atomic E-state index is 0.120. The molecule has 23 heavy (non-hydrogen) atoms. The third kappa shape index (κ3) is 2.98. The van der Waals surface area contributed by atoms with E-state index in [0.29, 0.717) is 18.4 Å². The smallest absolute Gasteiger partial charge is 0.227 e. The van der Waals surface area contributed by atoms with E-state index in [1.165, 1.54) is 12.1 Å². The highest BCUT2D eigenvalue weighted by Gasteiger charge is 2.33. The Labute approximate surface area is 136 Å². The van der Waals surface area contributed by atoms with Crippen LogP contribution in [0.2, 0.25) is 0 Å². The van der Waals surface area contributed by atoms with Crippen LogP contribution in [0.5, 0.6) is 0 Å². The SMILES string of the molecule is Cc1[nH]c2ccc(F)cc2c1CC(=O)N1C[C@@H](N(C)C)[C@@H](C)C1. The van der Waals surface area contributed by atoms with Crippen LogP contribution in [0.25, 0.3) is 10.9 Å². The number of aryl methyl sites for hydroxylation is 1. The zero-order valence-electron chi connectivity index (χ0n) is 14.2. The molecule has 2 heterocycles. The Hall–Kier alpha value is -1.88. The number of rotatable bonds is 3. The number of hydrogen-bond acceptors (Lipinski definition) is 2. The van der Waals surface area contributed by atoms with Gasteiger partial charge in [-0.05, 0) is 50.7 Å². The van der Waals surface area contributed by atoms with E-state index < -0.39 is 0 Å².